The van der Waals surface area contributed by atoms with Crippen LogP contribution in [-0.2, 0) is 0 Å². The second-order valence-corrected chi connectivity index (χ2v) is 6.39. The van der Waals surface area contributed by atoms with E-state index in [0.29, 0.717) is 22.5 Å². The number of para-hydroxylation sites is 1. The van der Waals surface area contributed by atoms with Crippen molar-refractivity contribution in [3.05, 3.63) is 83.6 Å². The van der Waals surface area contributed by atoms with E-state index in [2.05, 4.69) is 10.3 Å². The second kappa shape index (κ2) is 7.83. The van der Waals surface area contributed by atoms with Gasteiger partial charge in [-0.25, -0.2) is 0 Å². The maximum absolute atomic E-state index is 12.8. The van der Waals surface area contributed by atoms with Gasteiger partial charge in [0.1, 0.15) is 0 Å². The van der Waals surface area contributed by atoms with Gasteiger partial charge in [-0.2, -0.15) is 0 Å². The van der Waals surface area contributed by atoms with Gasteiger partial charge in [0.2, 0.25) is 0 Å². The molecule has 3 rings (SSSR count). The molecule has 0 spiro atoms. The Labute approximate surface area is 158 Å². The number of amides is 2. The summed E-state index contributed by atoms with van der Waals surface area (Å²) in [6, 6.07) is 20.4. The number of aryl methyl sites for hydroxylation is 1. The van der Waals surface area contributed by atoms with Crippen LogP contribution in [-0.4, -0.2) is 35.8 Å². The monoisotopic (exact) mass is 359 g/mol. The van der Waals surface area contributed by atoms with E-state index in [-0.39, 0.29) is 11.8 Å². The van der Waals surface area contributed by atoms with Gasteiger partial charge in [-0.1, -0.05) is 42.5 Å². The minimum absolute atomic E-state index is 0.167. The highest BCUT2D eigenvalue weighted by molar-refractivity contribution is 6.09. The molecule has 27 heavy (non-hydrogen) atoms. The predicted octanol–water partition coefficient (Wildman–Crippen LogP) is 4.01. The Morgan fingerprint density at radius 1 is 0.852 bits per heavy atom. The van der Waals surface area contributed by atoms with Gasteiger partial charge in [0.15, 0.2) is 0 Å². The third kappa shape index (κ3) is 4.03. The highest BCUT2D eigenvalue weighted by Gasteiger charge is 2.17. The lowest BCUT2D eigenvalue weighted by Crippen LogP contribution is -2.24. The van der Waals surface area contributed by atoms with E-state index in [1.807, 2.05) is 36.4 Å². The number of carbonyl (C=O) groups is 2. The lowest BCUT2D eigenvalue weighted by molar-refractivity contribution is 0.0828. The van der Waals surface area contributed by atoms with Crippen molar-refractivity contribution in [1.29, 1.82) is 0 Å². The van der Waals surface area contributed by atoms with Crippen molar-refractivity contribution in [2.75, 3.05) is 19.4 Å². The number of nitrogens with zero attached hydrogens (tertiary/aromatic N) is 2. The summed E-state index contributed by atoms with van der Waals surface area (Å²) in [6.07, 6.45) is 0. The quantitative estimate of drug-likeness (QED) is 0.765. The first kappa shape index (κ1) is 18.3. The number of hydrogen-bond acceptors (Lipinski definition) is 3. The molecule has 1 aromatic heterocycles. The van der Waals surface area contributed by atoms with Crippen molar-refractivity contribution in [3.8, 4) is 11.3 Å². The molecule has 1 heterocycles. The van der Waals surface area contributed by atoms with Gasteiger partial charge >= 0.3 is 0 Å². The molecule has 5 nitrogen and oxygen atoms in total. The van der Waals surface area contributed by atoms with Gasteiger partial charge in [0.05, 0.1) is 28.2 Å². The number of aromatic nitrogens is 1. The van der Waals surface area contributed by atoms with Gasteiger partial charge in [-0.05, 0) is 31.2 Å². The largest absolute Gasteiger partial charge is 0.345 e. The molecule has 5 heteroatoms. The molecule has 0 saturated heterocycles. The molecule has 2 amide bonds. The molecule has 136 valence electrons. The van der Waals surface area contributed by atoms with Crippen LogP contribution in [0.3, 0.4) is 0 Å². The molecule has 0 aliphatic heterocycles. The van der Waals surface area contributed by atoms with E-state index in [1.54, 1.807) is 51.4 Å². The van der Waals surface area contributed by atoms with E-state index in [1.165, 1.54) is 4.90 Å². The number of benzene rings is 2. The van der Waals surface area contributed by atoms with Crippen molar-refractivity contribution in [1.82, 2.24) is 9.88 Å². The maximum atomic E-state index is 12.8. The number of carbonyl (C=O) groups excluding carboxylic acids is 2. The van der Waals surface area contributed by atoms with Crippen LogP contribution in [0.15, 0.2) is 66.7 Å². The zero-order chi connectivity index (χ0) is 19.4. The van der Waals surface area contributed by atoms with Crippen LogP contribution in [0.25, 0.3) is 11.3 Å². The maximum Gasteiger partial charge on any atom is 0.257 e. The van der Waals surface area contributed by atoms with Crippen LogP contribution >= 0.6 is 0 Å². The first-order valence-electron chi connectivity index (χ1n) is 8.62. The topological polar surface area (TPSA) is 62.3 Å². The average molecular weight is 359 g/mol. The summed E-state index contributed by atoms with van der Waals surface area (Å²) in [6.45, 7) is 1.80. The SMILES string of the molecule is Cc1nc(-c2ccccc2)ccc1C(=O)Nc1ccccc1C(=O)N(C)C. The Balaban J connectivity index is 1.87. The highest BCUT2D eigenvalue weighted by atomic mass is 16.2. The smallest absolute Gasteiger partial charge is 0.257 e. The van der Waals surface area contributed by atoms with Crippen molar-refractivity contribution >= 4 is 17.5 Å². The third-order valence-electron chi connectivity index (χ3n) is 4.21. The molecular formula is C22H21N3O2. The summed E-state index contributed by atoms with van der Waals surface area (Å²) in [5, 5.41) is 2.84. The van der Waals surface area contributed by atoms with Crippen LogP contribution in [0, 0.1) is 6.92 Å². The normalized spacial score (nSPS) is 10.3. The van der Waals surface area contributed by atoms with E-state index >= 15 is 0 Å². The summed E-state index contributed by atoms with van der Waals surface area (Å²) in [4.78, 5) is 31.1. The Morgan fingerprint density at radius 2 is 1.52 bits per heavy atom. The fourth-order valence-corrected chi connectivity index (χ4v) is 2.78. The Hall–Kier alpha value is -3.47. The van der Waals surface area contributed by atoms with Crippen LogP contribution in [0.2, 0.25) is 0 Å². The van der Waals surface area contributed by atoms with E-state index < -0.39 is 0 Å². The number of rotatable bonds is 4. The average Bonchev–Trinajstić information content (AvgIpc) is 2.68. The molecule has 3 aromatic rings. The minimum atomic E-state index is -0.293. The van der Waals surface area contributed by atoms with Gasteiger partial charge in [-0.15, -0.1) is 0 Å². The number of nitrogens with one attached hydrogen (secondary N) is 1. The Bertz CT molecular complexity index is 982. The summed E-state index contributed by atoms with van der Waals surface area (Å²) >= 11 is 0. The lowest BCUT2D eigenvalue weighted by Gasteiger charge is -2.15. The van der Waals surface area contributed by atoms with Crippen LogP contribution in [0.1, 0.15) is 26.4 Å². The molecule has 0 unspecified atom stereocenters. The first-order chi connectivity index (χ1) is 13.0. The third-order valence-corrected chi connectivity index (χ3v) is 4.21. The number of pyridine rings is 1. The van der Waals surface area contributed by atoms with Crippen LogP contribution in [0.5, 0.6) is 0 Å². The predicted molar refractivity (Wildman–Crippen MR) is 107 cm³/mol. The summed E-state index contributed by atoms with van der Waals surface area (Å²) in [5.74, 6) is -0.459. The molecule has 0 aliphatic rings. The molecule has 2 aromatic carbocycles. The zero-order valence-corrected chi connectivity index (χ0v) is 15.6. The van der Waals surface area contributed by atoms with Crippen molar-refractivity contribution < 1.29 is 9.59 Å². The number of anilines is 1. The van der Waals surface area contributed by atoms with Gasteiger partial charge in [-0.3, -0.25) is 14.6 Å². The molecular weight excluding hydrogens is 338 g/mol. The van der Waals surface area contributed by atoms with Crippen molar-refractivity contribution in [3.63, 3.8) is 0 Å². The summed E-state index contributed by atoms with van der Waals surface area (Å²) in [7, 11) is 3.36. The fraction of sp³-hybridized carbons (Fsp3) is 0.136. The summed E-state index contributed by atoms with van der Waals surface area (Å²) in [5.41, 5.74) is 3.84. The Morgan fingerprint density at radius 3 is 2.19 bits per heavy atom. The lowest BCUT2D eigenvalue weighted by atomic mass is 10.1. The summed E-state index contributed by atoms with van der Waals surface area (Å²) < 4.78 is 0. The fourth-order valence-electron chi connectivity index (χ4n) is 2.78. The van der Waals surface area contributed by atoms with Crippen LogP contribution < -0.4 is 5.32 Å². The zero-order valence-electron chi connectivity index (χ0n) is 15.6. The molecule has 0 fully saturated rings. The van der Waals surface area contributed by atoms with E-state index in [0.717, 1.165) is 11.3 Å². The highest BCUT2D eigenvalue weighted by Crippen LogP contribution is 2.21. The molecule has 1 N–H and O–H groups in total. The molecule has 0 aliphatic carbocycles. The molecule has 0 atom stereocenters. The second-order valence-electron chi connectivity index (χ2n) is 6.39. The van der Waals surface area contributed by atoms with Crippen LogP contribution in [0.4, 0.5) is 5.69 Å². The molecule has 0 bridgehead atoms. The van der Waals surface area contributed by atoms with Gasteiger partial charge in [0.25, 0.3) is 11.8 Å². The molecule has 0 saturated carbocycles. The standard InChI is InChI=1S/C22H21N3O2/c1-15-17(13-14-19(23-15)16-9-5-4-6-10-16)21(26)24-20-12-8-7-11-18(20)22(27)25(2)3/h4-14H,1-3H3,(H,24,26). The first-order valence-corrected chi connectivity index (χ1v) is 8.62. The minimum Gasteiger partial charge on any atom is -0.345 e. The van der Waals surface area contributed by atoms with Gasteiger partial charge < -0.3 is 10.2 Å². The van der Waals surface area contributed by atoms with E-state index in [4.69, 9.17) is 0 Å². The molecule has 0 radical (unpaired) electrons. The number of hydrogen-bond donors (Lipinski definition) is 1. The van der Waals surface area contributed by atoms with Crippen molar-refractivity contribution in [2.24, 2.45) is 0 Å². The van der Waals surface area contributed by atoms with Gasteiger partial charge in [0, 0.05) is 19.7 Å². The van der Waals surface area contributed by atoms with Crippen molar-refractivity contribution in [2.45, 2.75) is 6.92 Å². The van der Waals surface area contributed by atoms with E-state index in [9.17, 15) is 9.59 Å². The Kier molecular flexibility index (Phi) is 5.31.